The Kier molecular flexibility index (Phi) is 14.0. The van der Waals surface area contributed by atoms with Crippen LogP contribution in [-0.2, 0) is 4.79 Å². The molecule has 100 valence electrons. The van der Waals surface area contributed by atoms with Gasteiger partial charge in [-0.25, -0.2) is 0 Å². The van der Waals surface area contributed by atoms with Gasteiger partial charge in [0.05, 0.1) is 0 Å². The summed E-state index contributed by atoms with van der Waals surface area (Å²) in [4.78, 5) is 11.2. The Morgan fingerprint density at radius 3 is 2.24 bits per heavy atom. The molecule has 1 amide bonds. The quantitative estimate of drug-likeness (QED) is 0.731. The third-order valence-corrected chi connectivity index (χ3v) is 2.23. The summed E-state index contributed by atoms with van der Waals surface area (Å²) in [6, 6.07) is 0. The average molecular weight is 239 g/mol. The smallest absolute Gasteiger partial charge is 0.251 e. The molecule has 0 aromatic rings. The van der Waals surface area contributed by atoms with E-state index in [1.54, 1.807) is 0 Å². The molecule has 0 fully saturated rings. The minimum absolute atomic E-state index is 0.0743. The number of rotatable bonds is 4. The van der Waals surface area contributed by atoms with Crippen LogP contribution < -0.4 is 5.32 Å². The third-order valence-electron chi connectivity index (χ3n) is 2.23. The average Bonchev–Trinajstić information content (AvgIpc) is 2.70. The van der Waals surface area contributed by atoms with E-state index in [0.717, 1.165) is 17.6 Å². The molecule has 1 aliphatic rings. The number of amides is 1. The lowest BCUT2D eigenvalue weighted by molar-refractivity contribution is -0.116. The Labute approximate surface area is 107 Å². The summed E-state index contributed by atoms with van der Waals surface area (Å²) in [5.41, 5.74) is 2.01. The fourth-order valence-corrected chi connectivity index (χ4v) is 1.34. The van der Waals surface area contributed by atoms with E-state index in [1.165, 1.54) is 12.8 Å². The Hall–Kier alpha value is -1.05. The third kappa shape index (κ3) is 7.78. The molecule has 2 nitrogen and oxygen atoms in total. The lowest BCUT2D eigenvalue weighted by atomic mass is 10.1. The van der Waals surface area contributed by atoms with Crippen molar-refractivity contribution in [3.63, 3.8) is 0 Å². The maximum Gasteiger partial charge on any atom is 0.251 e. The highest BCUT2D eigenvalue weighted by Gasteiger charge is 2.15. The van der Waals surface area contributed by atoms with Crippen molar-refractivity contribution in [2.75, 3.05) is 6.54 Å². The van der Waals surface area contributed by atoms with Gasteiger partial charge in [-0.15, -0.1) is 0 Å². The van der Waals surface area contributed by atoms with Crippen LogP contribution in [0.1, 0.15) is 60.8 Å². The van der Waals surface area contributed by atoms with Crippen LogP contribution in [0.15, 0.2) is 23.3 Å². The number of unbranched alkanes of at least 4 members (excludes halogenated alkanes) is 2. The van der Waals surface area contributed by atoms with Crippen LogP contribution >= 0.6 is 0 Å². The molecule has 0 spiro atoms. The van der Waals surface area contributed by atoms with E-state index < -0.39 is 0 Å². The van der Waals surface area contributed by atoms with Crippen molar-refractivity contribution in [1.29, 1.82) is 0 Å². The molecule has 2 heteroatoms. The van der Waals surface area contributed by atoms with Crippen LogP contribution in [-0.4, -0.2) is 12.5 Å². The highest BCUT2D eigenvalue weighted by atomic mass is 16.1. The van der Waals surface area contributed by atoms with Crippen molar-refractivity contribution in [3.05, 3.63) is 23.3 Å². The van der Waals surface area contributed by atoms with Crippen molar-refractivity contribution in [1.82, 2.24) is 5.32 Å². The topological polar surface area (TPSA) is 29.1 Å². The first kappa shape index (κ1) is 18.3. The van der Waals surface area contributed by atoms with Crippen molar-refractivity contribution >= 4 is 5.91 Å². The maximum absolute atomic E-state index is 11.2. The standard InChI is InChI=1S/C11H17NO.2C2H6/c1-3-4-5-6-7-10-9(2)8-12-11(10)13;2*1-2/h6-7H,3-5,8H2,1-2H3,(H,12,13);2*1-2H3/b7-6-;;. The number of carbonyl (C=O) groups excluding carboxylic acids is 1. The molecule has 0 bridgehead atoms. The molecular formula is C15H29NO. The number of carbonyl (C=O) groups is 1. The molecule has 0 saturated carbocycles. The molecule has 1 aliphatic heterocycles. The maximum atomic E-state index is 11.2. The van der Waals surface area contributed by atoms with Crippen molar-refractivity contribution < 1.29 is 4.79 Å². The molecule has 0 radical (unpaired) electrons. The van der Waals surface area contributed by atoms with Crippen LogP contribution in [0.25, 0.3) is 0 Å². The van der Waals surface area contributed by atoms with E-state index in [4.69, 9.17) is 0 Å². The zero-order valence-electron chi connectivity index (χ0n) is 12.4. The van der Waals surface area contributed by atoms with Gasteiger partial charge < -0.3 is 5.32 Å². The van der Waals surface area contributed by atoms with Gasteiger partial charge in [0, 0.05) is 12.1 Å². The summed E-state index contributed by atoms with van der Waals surface area (Å²) in [7, 11) is 0. The predicted octanol–water partition coefficient (Wildman–Crippen LogP) is 4.23. The van der Waals surface area contributed by atoms with E-state index in [1.807, 2.05) is 40.7 Å². The van der Waals surface area contributed by atoms with E-state index >= 15 is 0 Å². The van der Waals surface area contributed by atoms with Gasteiger partial charge in [-0.1, -0.05) is 59.6 Å². The van der Waals surface area contributed by atoms with Gasteiger partial charge in [-0.2, -0.15) is 0 Å². The Morgan fingerprint density at radius 1 is 1.24 bits per heavy atom. The highest BCUT2D eigenvalue weighted by molar-refractivity contribution is 5.99. The predicted molar refractivity (Wildman–Crippen MR) is 77.1 cm³/mol. The SMILES string of the molecule is CC.CC.CCCC/C=C\C1=C(C)CNC1=O. The fourth-order valence-electron chi connectivity index (χ4n) is 1.34. The molecule has 1 rings (SSSR count). The summed E-state index contributed by atoms with van der Waals surface area (Å²) >= 11 is 0. The largest absolute Gasteiger partial charge is 0.348 e. The number of nitrogens with one attached hydrogen (secondary N) is 1. The summed E-state index contributed by atoms with van der Waals surface area (Å²) < 4.78 is 0. The van der Waals surface area contributed by atoms with Crippen LogP contribution in [0.5, 0.6) is 0 Å². The molecular weight excluding hydrogens is 210 g/mol. The van der Waals surface area contributed by atoms with E-state index in [2.05, 4.69) is 18.3 Å². The van der Waals surface area contributed by atoms with Crippen LogP contribution in [0.2, 0.25) is 0 Å². The molecule has 17 heavy (non-hydrogen) atoms. The first-order chi connectivity index (χ1) is 8.25. The lowest BCUT2D eigenvalue weighted by Gasteiger charge is -1.92. The zero-order valence-corrected chi connectivity index (χ0v) is 12.4. The van der Waals surface area contributed by atoms with Crippen LogP contribution in [0, 0.1) is 0 Å². The first-order valence-corrected chi connectivity index (χ1v) is 6.90. The molecule has 0 saturated heterocycles. The summed E-state index contributed by atoms with van der Waals surface area (Å²) in [6.07, 6.45) is 7.51. The fraction of sp³-hybridized carbons (Fsp3) is 0.667. The van der Waals surface area contributed by atoms with Gasteiger partial charge in [0.2, 0.25) is 0 Å². The Bertz CT molecular complexity index is 252. The zero-order chi connectivity index (χ0) is 13.7. The van der Waals surface area contributed by atoms with Gasteiger partial charge in [0.15, 0.2) is 0 Å². The number of hydrogen-bond acceptors (Lipinski definition) is 1. The monoisotopic (exact) mass is 239 g/mol. The van der Waals surface area contributed by atoms with E-state index in [0.29, 0.717) is 6.54 Å². The molecule has 0 unspecified atom stereocenters. The normalized spacial score (nSPS) is 13.9. The van der Waals surface area contributed by atoms with Gasteiger partial charge in [0.25, 0.3) is 5.91 Å². The van der Waals surface area contributed by atoms with Crippen molar-refractivity contribution in [3.8, 4) is 0 Å². The first-order valence-electron chi connectivity index (χ1n) is 6.90. The van der Waals surface area contributed by atoms with E-state index in [-0.39, 0.29) is 5.91 Å². The van der Waals surface area contributed by atoms with E-state index in [9.17, 15) is 4.79 Å². The van der Waals surface area contributed by atoms with Crippen LogP contribution in [0.4, 0.5) is 0 Å². The molecule has 0 aliphatic carbocycles. The summed E-state index contributed by atoms with van der Waals surface area (Å²) in [5, 5.41) is 2.80. The van der Waals surface area contributed by atoms with Gasteiger partial charge in [0.1, 0.15) is 0 Å². The Morgan fingerprint density at radius 2 is 1.82 bits per heavy atom. The lowest BCUT2D eigenvalue weighted by Crippen LogP contribution is -2.16. The van der Waals surface area contributed by atoms with Crippen molar-refractivity contribution in [2.24, 2.45) is 0 Å². The second kappa shape index (κ2) is 13.0. The van der Waals surface area contributed by atoms with Gasteiger partial charge in [-0.05, 0) is 18.9 Å². The highest BCUT2D eigenvalue weighted by Crippen LogP contribution is 2.12. The second-order valence-electron chi connectivity index (χ2n) is 3.42. The summed E-state index contributed by atoms with van der Waals surface area (Å²) in [6.45, 7) is 12.9. The van der Waals surface area contributed by atoms with Crippen LogP contribution in [0.3, 0.4) is 0 Å². The number of hydrogen-bond donors (Lipinski definition) is 1. The molecule has 0 aromatic carbocycles. The van der Waals surface area contributed by atoms with Gasteiger partial charge >= 0.3 is 0 Å². The molecule has 1 heterocycles. The minimum Gasteiger partial charge on any atom is -0.348 e. The molecule has 0 aromatic heterocycles. The molecule has 1 N–H and O–H groups in total. The number of allylic oxidation sites excluding steroid dienone is 1. The van der Waals surface area contributed by atoms with Crippen molar-refractivity contribution in [2.45, 2.75) is 60.8 Å². The van der Waals surface area contributed by atoms with Gasteiger partial charge in [-0.3, -0.25) is 4.79 Å². The Balaban J connectivity index is 0. The summed E-state index contributed by atoms with van der Waals surface area (Å²) in [5.74, 6) is 0.0743. The molecule has 0 atom stereocenters. The second-order valence-corrected chi connectivity index (χ2v) is 3.42. The minimum atomic E-state index is 0.0743.